The molecule has 0 unspecified atom stereocenters. The van der Waals surface area contributed by atoms with Gasteiger partial charge in [0, 0.05) is 11.6 Å². The predicted octanol–water partition coefficient (Wildman–Crippen LogP) is 3.72. The van der Waals surface area contributed by atoms with Crippen molar-refractivity contribution in [1.29, 1.82) is 0 Å². The third-order valence-electron chi connectivity index (χ3n) is 3.41. The molecule has 116 valence electrons. The lowest BCUT2D eigenvalue weighted by molar-refractivity contribution is 0.0950. The summed E-state index contributed by atoms with van der Waals surface area (Å²) in [6, 6.07) is 15.2. The molecule has 0 bridgehead atoms. The number of hydrogen-bond donors (Lipinski definition) is 1. The first-order valence-corrected chi connectivity index (χ1v) is 7.19. The molecule has 1 N–H and O–H groups in total. The number of benzene rings is 2. The van der Waals surface area contributed by atoms with Crippen LogP contribution in [0.5, 0.6) is 0 Å². The lowest BCUT2D eigenvalue weighted by atomic mass is 10.1. The van der Waals surface area contributed by atoms with Gasteiger partial charge in [0.1, 0.15) is 11.5 Å². The summed E-state index contributed by atoms with van der Waals surface area (Å²) in [5.74, 6) is -0.231. The molecule has 1 heterocycles. The first-order valence-electron chi connectivity index (χ1n) is 7.19. The summed E-state index contributed by atoms with van der Waals surface area (Å²) >= 11 is 0. The molecular formula is C18H15FN2O2. The van der Waals surface area contributed by atoms with Crippen LogP contribution in [-0.2, 0) is 6.54 Å². The van der Waals surface area contributed by atoms with Gasteiger partial charge in [0.2, 0.25) is 0 Å². The molecule has 23 heavy (non-hydrogen) atoms. The Morgan fingerprint density at radius 3 is 2.78 bits per heavy atom. The van der Waals surface area contributed by atoms with Crippen molar-refractivity contribution in [3.63, 3.8) is 0 Å². The number of amides is 1. The van der Waals surface area contributed by atoms with E-state index in [2.05, 4.69) is 10.5 Å². The third kappa shape index (κ3) is 3.45. The van der Waals surface area contributed by atoms with Crippen molar-refractivity contribution in [1.82, 2.24) is 10.5 Å². The van der Waals surface area contributed by atoms with Crippen molar-refractivity contribution in [2.45, 2.75) is 13.5 Å². The molecular weight excluding hydrogens is 295 g/mol. The lowest BCUT2D eigenvalue weighted by Gasteiger charge is -2.03. The van der Waals surface area contributed by atoms with E-state index in [1.54, 1.807) is 30.3 Å². The van der Waals surface area contributed by atoms with Crippen molar-refractivity contribution in [3.8, 4) is 11.3 Å². The number of nitrogens with one attached hydrogen (secondary N) is 1. The number of aromatic nitrogens is 1. The summed E-state index contributed by atoms with van der Waals surface area (Å²) in [6.45, 7) is 2.14. The molecule has 0 spiro atoms. The van der Waals surface area contributed by atoms with Crippen molar-refractivity contribution in [3.05, 3.63) is 77.2 Å². The Kier molecular flexibility index (Phi) is 4.19. The maximum absolute atomic E-state index is 13.7. The van der Waals surface area contributed by atoms with Crippen LogP contribution in [0, 0.1) is 12.7 Å². The molecule has 0 saturated carbocycles. The van der Waals surface area contributed by atoms with Gasteiger partial charge in [-0.1, -0.05) is 35.0 Å². The van der Waals surface area contributed by atoms with E-state index in [4.69, 9.17) is 4.52 Å². The van der Waals surface area contributed by atoms with Gasteiger partial charge >= 0.3 is 0 Å². The second-order valence-electron chi connectivity index (χ2n) is 5.21. The van der Waals surface area contributed by atoms with Gasteiger partial charge in [0.15, 0.2) is 5.76 Å². The second kappa shape index (κ2) is 6.44. The molecule has 0 fully saturated rings. The SMILES string of the molecule is Cc1cccc(C(=O)NCc2cc(-c3ccccc3F)on2)c1. The van der Waals surface area contributed by atoms with Crippen LogP contribution in [0.3, 0.4) is 0 Å². The maximum atomic E-state index is 13.7. The molecule has 0 radical (unpaired) electrons. The summed E-state index contributed by atoms with van der Waals surface area (Å²) in [4.78, 5) is 12.1. The molecule has 0 aliphatic heterocycles. The minimum atomic E-state index is -0.376. The van der Waals surface area contributed by atoms with Crippen LogP contribution in [0.1, 0.15) is 21.6 Å². The summed E-state index contributed by atoms with van der Waals surface area (Å²) in [6.07, 6.45) is 0. The standard InChI is InChI=1S/C18H15FN2O2/c1-12-5-4-6-13(9-12)18(22)20-11-14-10-17(23-21-14)15-7-2-3-8-16(15)19/h2-10H,11H2,1H3,(H,20,22). The minimum absolute atomic E-state index is 0.191. The monoisotopic (exact) mass is 310 g/mol. The average Bonchev–Trinajstić information content (AvgIpc) is 3.02. The number of hydrogen-bond acceptors (Lipinski definition) is 3. The van der Waals surface area contributed by atoms with E-state index in [0.29, 0.717) is 22.6 Å². The quantitative estimate of drug-likeness (QED) is 0.799. The molecule has 3 aromatic rings. The summed E-state index contributed by atoms with van der Waals surface area (Å²) in [5, 5.41) is 6.63. The van der Waals surface area contributed by atoms with Gasteiger partial charge in [-0.15, -0.1) is 0 Å². The summed E-state index contributed by atoms with van der Waals surface area (Å²) < 4.78 is 18.8. The fourth-order valence-electron chi connectivity index (χ4n) is 2.24. The van der Waals surface area contributed by atoms with E-state index in [-0.39, 0.29) is 18.3 Å². The molecule has 0 saturated heterocycles. The Balaban J connectivity index is 1.68. The van der Waals surface area contributed by atoms with E-state index in [1.165, 1.54) is 6.07 Å². The molecule has 0 aliphatic carbocycles. The number of rotatable bonds is 4. The fourth-order valence-corrected chi connectivity index (χ4v) is 2.24. The Bertz CT molecular complexity index is 842. The van der Waals surface area contributed by atoms with Crippen LogP contribution < -0.4 is 5.32 Å². The van der Waals surface area contributed by atoms with E-state index >= 15 is 0 Å². The van der Waals surface area contributed by atoms with Gasteiger partial charge in [-0.05, 0) is 31.2 Å². The van der Waals surface area contributed by atoms with Gasteiger partial charge in [-0.2, -0.15) is 0 Å². The molecule has 0 aliphatic rings. The second-order valence-corrected chi connectivity index (χ2v) is 5.21. The van der Waals surface area contributed by atoms with Crippen LogP contribution in [0.25, 0.3) is 11.3 Å². The third-order valence-corrected chi connectivity index (χ3v) is 3.41. The minimum Gasteiger partial charge on any atom is -0.356 e. The first-order chi connectivity index (χ1) is 11.1. The highest BCUT2D eigenvalue weighted by atomic mass is 19.1. The largest absolute Gasteiger partial charge is 0.356 e. The molecule has 0 atom stereocenters. The molecule has 1 aromatic heterocycles. The van der Waals surface area contributed by atoms with Gasteiger partial charge < -0.3 is 9.84 Å². The van der Waals surface area contributed by atoms with Crippen LogP contribution in [0.15, 0.2) is 59.1 Å². The van der Waals surface area contributed by atoms with Gasteiger partial charge in [0.25, 0.3) is 5.91 Å². The van der Waals surface area contributed by atoms with Gasteiger partial charge in [0.05, 0.1) is 12.1 Å². The Morgan fingerprint density at radius 2 is 2.00 bits per heavy atom. The zero-order chi connectivity index (χ0) is 16.2. The fraction of sp³-hybridized carbons (Fsp3) is 0.111. The molecule has 5 heteroatoms. The van der Waals surface area contributed by atoms with Crippen LogP contribution in [0.2, 0.25) is 0 Å². The van der Waals surface area contributed by atoms with Crippen molar-refractivity contribution >= 4 is 5.91 Å². The van der Waals surface area contributed by atoms with Crippen LogP contribution in [-0.4, -0.2) is 11.1 Å². The number of aryl methyl sites for hydroxylation is 1. The maximum Gasteiger partial charge on any atom is 0.251 e. The lowest BCUT2D eigenvalue weighted by Crippen LogP contribution is -2.22. The normalized spacial score (nSPS) is 10.5. The topological polar surface area (TPSA) is 55.1 Å². The van der Waals surface area contributed by atoms with Crippen LogP contribution >= 0.6 is 0 Å². The highest BCUT2D eigenvalue weighted by molar-refractivity contribution is 5.94. The van der Waals surface area contributed by atoms with Gasteiger partial charge in [-0.25, -0.2) is 4.39 Å². The summed E-state index contributed by atoms with van der Waals surface area (Å²) in [5.41, 5.74) is 2.48. The highest BCUT2D eigenvalue weighted by Gasteiger charge is 2.12. The highest BCUT2D eigenvalue weighted by Crippen LogP contribution is 2.23. The number of carbonyl (C=O) groups excluding carboxylic acids is 1. The van der Waals surface area contributed by atoms with E-state index in [1.807, 2.05) is 25.1 Å². The Hall–Kier alpha value is -2.95. The van der Waals surface area contributed by atoms with Gasteiger partial charge in [-0.3, -0.25) is 4.79 Å². The summed E-state index contributed by atoms with van der Waals surface area (Å²) in [7, 11) is 0. The number of halogens is 1. The van der Waals surface area contributed by atoms with E-state index in [0.717, 1.165) is 5.56 Å². The zero-order valence-corrected chi connectivity index (χ0v) is 12.5. The van der Waals surface area contributed by atoms with Crippen molar-refractivity contribution < 1.29 is 13.7 Å². The Morgan fingerprint density at radius 1 is 1.17 bits per heavy atom. The van der Waals surface area contributed by atoms with E-state index in [9.17, 15) is 9.18 Å². The Labute approximate surface area is 132 Å². The van der Waals surface area contributed by atoms with Crippen molar-refractivity contribution in [2.24, 2.45) is 0 Å². The van der Waals surface area contributed by atoms with Crippen LogP contribution in [0.4, 0.5) is 4.39 Å². The number of carbonyl (C=O) groups is 1. The van der Waals surface area contributed by atoms with E-state index < -0.39 is 0 Å². The first kappa shape index (κ1) is 15.0. The molecule has 3 rings (SSSR count). The molecule has 1 amide bonds. The average molecular weight is 310 g/mol. The smallest absolute Gasteiger partial charge is 0.251 e. The molecule has 4 nitrogen and oxygen atoms in total. The van der Waals surface area contributed by atoms with Crippen molar-refractivity contribution in [2.75, 3.05) is 0 Å². The predicted molar refractivity (Wildman–Crippen MR) is 84.2 cm³/mol. The molecule has 2 aromatic carbocycles. The number of nitrogens with zero attached hydrogens (tertiary/aromatic N) is 1. The zero-order valence-electron chi connectivity index (χ0n) is 12.5.